The summed E-state index contributed by atoms with van der Waals surface area (Å²) in [6.45, 7) is 4.60. The summed E-state index contributed by atoms with van der Waals surface area (Å²) in [5.41, 5.74) is 6.41. The number of hydrogen-bond donors (Lipinski definition) is 1. The van der Waals surface area contributed by atoms with E-state index < -0.39 is 10.0 Å². The fraction of sp³-hybridized carbons (Fsp3) is 0.750. The van der Waals surface area contributed by atoms with Gasteiger partial charge in [0.15, 0.2) is 5.76 Å². The molecule has 148 valence electrons. The Morgan fingerprint density at radius 1 is 1.23 bits per heavy atom. The second-order valence-electron chi connectivity index (χ2n) is 7.00. The van der Waals surface area contributed by atoms with Gasteiger partial charge in [-0.3, -0.25) is 4.79 Å². The maximum absolute atomic E-state index is 12.8. The summed E-state index contributed by atoms with van der Waals surface area (Å²) < 4.78 is 32.0. The van der Waals surface area contributed by atoms with Gasteiger partial charge in [-0.05, 0) is 32.6 Å². The van der Waals surface area contributed by atoms with Crippen LogP contribution in [0.2, 0.25) is 0 Å². The standard InChI is InChI=1S/C16H26N4O4S.ClH/c1-11-16(12(2)24-18-11)25(22,23)20-8-6-19(7-9-20)15(21)10-13-4-3-5-14(13)17;/h13-14H,3-10,17H2,1-2H3;1H/t13-,14+;/m0./s1. The molecule has 1 aliphatic carbocycles. The fourth-order valence-corrected chi connectivity index (χ4v) is 5.54. The summed E-state index contributed by atoms with van der Waals surface area (Å²) in [7, 11) is -3.64. The van der Waals surface area contributed by atoms with Crippen LogP contribution in [0.5, 0.6) is 0 Å². The maximum atomic E-state index is 12.8. The van der Waals surface area contributed by atoms with E-state index >= 15 is 0 Å². The number of halogens is 1. The molecule has 2 atom stereocenters. The van der Waals surface area contributed by atoms with E-state index in [0.717, 1.165) is 19.3 Å². The number of amides is 1. The van der Waals surface area contributed by atoms with Crippen molar-refractivity contribution in [3.63, 3.8) is 0 Å². The summed E-state index contributed by atoms with van der Waals surface area (Å²) in [5, 5.41) is 3.73. The monoisotopic (exact) mass is 406 g/mol. The van der Waals surface area contributed by atoms with Crippen LogP contribution in [0.1, 0.15) is 37.1 Å². The lowest BCUT2D eigenvalue weighted by molar-refractivity contribution is -0.133. The number of sulfonamides is 1. The van der Waals surface area contributed by atoms with Gasteiger partial charge in [-0.1, -0.05) is 11.6 Å². The van der Waals surface area contributed by atoms with Gasteiger partial charge in [0.25, 0.3) is 0 Å². The van der Waals surface area contributed by atoms with Crippen LogP contribution in [0.3, 0.4) is 0 Å². The average molecular weight is 407 g/mol. The SMILES string of the molecule is Cc1noc(C)c1S(=O)(=O)N1CCN(C(=O)C[C@@H]2CCC[C@H]2N)CC1.Cl. The highest BCUT2D eigenvalue weighted by atomic mass is 35.5. The average Bonchev–Trinajstić information content (AvgIpc) is 3.13. The quantitative estimate of drug-likeness (QED) is 0.800. The van der Waals surface area contributed by atoms with Crippen LogP contribution >= 0.6 is 12.4 Å². The Bertz CT molecular complexity index is 724. The first-order chi connectivity index (χ1) is 11.8. The van der Waals surface area contributed by atoms with Crippen LogP contribution in [-0.2, 0) is 14.8 Å². The number of aryl methyl sites for hydroxylation is 2. The molecule has 2 fully saturated rings. The molecule has 0 aromatic carbocycles. The minimum atomic E-state index is -3.64. The Balaban J connectivity index is 0.00000243. The molecule has 8 nitrogen and oxygen atoms in total. The Labute approximate surface area is 160 Å². The molecule has 1 saturated carbocycles. The summed E-state index contributed by atoms with van der Waals surface area (Å²) in [4.78, 5) is 14.4. The van der Waals surface area contributed by atoms with Gasteiger partial charge < -0.3 is 15.2 Å². The molecule has 1 amide bonds. The molecule has 10 heteroatoms. The molecule has 2 N–H and O–H groups in total. The van der Waals surface area contributed by atoms with E-state index in [1.54, 1.807) is 18.7 Å². The van der Waals surface area contributed by atoms with Crippen molar-refractivity contribution in [2.24, 2.45) is 11.7 Å². The zero-order valence-corrected chi connectivity index (χ0v) is 16.8. The molecule has 26 heavy (non-hydrogen) atoms. The molecule has 1 aliphatic heterocycles. The molecule has 1 saturated heterocycles. The number of piperazine rings is 1. The second-order valence-corrected chi connectivity index (χ2v) is 8.87. The van der Waals surface area contributed by atoms with Crippen LogP contribution in [0, 0.1) is 19.8 Å². The maximum Gasteiger partial charge on any atom is 0.248 e. The molecule has 1 aromatic heterocycles. The van der Waals surface area contributed by atoms with Crippen molar-refractivity contribution < 1.29 is 17.7 Å². The summed E-state index contributed by atoms with van der Waals surface area (Å²) in [6.07, 6.45) is 3.55. The molecule has 0 radical (unpaired) electrons. The third-order valence-electron chi connectivity index (χ3n) is 5.31. The van der Waals surface area contributed by atoms with Crippen LogP contribution < -0.4 is 5.73 Å². The van der Waals surface area contributed by atoms with E-state index in [1.807, 2.05) is 0 Å². The zero-order chi connectivity index (χ0) is 18.2. The van der Waals surface area contributed by atoms with E-state index in [-0.39, 0.29) is 48.3 Å². The van der Waals surface area contributed by atoms with E-state index in [9.17, 15) is 13.2 Å². The first-order valence-corrected chi connectivity index (χ1v) is 10.2. The van der Waals surface area contributed by atoms with Crippen molar-refractivity contribution in [1.29, 1.82) is 0 Å². The van der Waals surface area contributed by atoms with Gasteiger partial charge in [0.2, 0.25) is 15.9 Å². The third kappa shape index (κ3) is 4.05. The Hall–Kier alpha value is -1.16. The van der Waals surface area contributed by atoms with Crippen molar-refractivity contribution in [3.8, 4) is 0 Å². The van der Waals surface area contributed by atoms with Crippen molar-refractivity contribution in [3.05, 3.63) is 11.5 Å². The highest BCUT2D eigenvalue weighted by molar-refractivity contribution is 7.89. The van der Waals surface area contributed by atoms with Crippen LogP contribution in [0.15, 0.2) is 9.42 Å². The smallest absolute Gasteiger partial charge is 0.248 e. The zero-order valence-electron chi connectivity index (χ0n) is 15.2. The van der Waals surface area contributed by atoms with E-state index in [0.29, 0.717) is 31.0 Å². The number of aromatic nitrogens is 1. The molecular weight excluding hydrogens is 380 g/mol. The number of nitrogens with zero attached hydrogens (tertiary/aromatic N) is 3. The molecule has 0 unspecified atom stereocenters. The molecule has 2 aliphatic rings. The lowest BCUT2D eigenvalue weighted by Crippen LogP contribution is -2.51. The predicted octanol–water partition coefficient (Wildman–Crippen LogP) is 1.06. The molecule has 3 rings (SSSR count). The molecule has 2 heterocycles. The number of rotatable bonds is 4. The van der Waals surface area contributed by atoms with Gasteiger partial charge in [0.05, 0.1) is 0 Å². The summed E-state index contributed by atoms with van der Waals surface area (Å²) >= 11 is 0. The van der Waals surface area contributed by atoms with Crippen molar-refractivity contribution in [1.82, 2.24) is 14.4 Å². The first kappa shape index (κ1) is 21.1. The lowest BCUT2D eigenvalue weighted by atomic mass is 9.99. The first-order valence-electron chi connectivity index (χ1n) is 8.77. The van der Waals surface area contributed by atoms with Gasteiger partial charge >= 0.3 is 0 Å². The Morgan fingerprint density at radius 2 is 1.88 bits per heavy atom. The van der Waals surface area contributed by atoms with Crippen LogP contribution in [-0.4, -0.2) is 60.9 Å². The van der Waals surface area contributed by atoms with Crippen LogP contribution in [0.25, 0.3) is 0 Å². The summed E-state index contributed by atoms with van der Waals surface area (Å²) in [5.74, 6) is 0.638. The third-order valence-corrected chi connectivity index (χ3v) is 7.46. The number of nitrogens with two attached hydrogens (primary N) is 1. The minimum absolute atomic E-state index is 0. The van der Waals surface area contributed by atoms with Gasteiger partial charge in [-0.25, -0.2) is 8.42 Å². The van der Waals surface area contributed by atoms with Crippen molar-refractivity contribution >= 4 is 28.3 Å². The van der Waals surface area contributed by atoms with Crippen molar-refractivity contribution in [2.45, 2.75) is 50.5 Å². The van der Waals surface area contributed by atoms with Crippen molar-refractivity contribution in [2.75, 3.05) is 26.2 Å². The molecule has 0 bridgehead atoms. The van der Waals surface area contributed by atoms with E-state index in [1.165, 1.54) is 4.31 Å². The molecular formula is C16H27ClN4O4S. The van der Waals surface area contributed by atoms with Crippen LogP contribution in [0.4, 0.5) is 0 Å². The van der Waals surface area contributed by atoms with Gasteiger partial charge in [-0.2, -0.15) is 4.31 Å². The highest BCUT2D eigenvalue weighted by Gasteiger charge is 2.35. The molecule has 0 spiro atoms. The number of carbonyl (C=O) groups is 1. The van der Waals surface area contributed by atoms with E-state index in [4.69, 9.17) is 10.3 Å². The number of hydrogen-bond acceptors (Lipinski definition) is 6. The second kappa shape index (κ2) is 8.24. The summed E-state index contributed by atoms with van der Waals surface area (Å²) in [6, 6.07) is 0.116. The van der Waals surface area contributed by atoms with Gasteiger partial charge in [0.1, 0.15) is 10.6 Å². The largest absolute Gasteiger partial charge is 0.360 e. The lowest BCUT2D eigenvalue weighted by Gasteiger charge is -2.34. The van der Waals surface area contributed by atoms with E-state index in [2.05, 4.69) is 5.16 Å². The Kier molecular flexibility index (Phi) is 6.70. The minimum Gasteiger partial charge on any atom is -0.360 e. The van der Waals surface area contributed by atoms with Gasteiger partial charge in [-0.15, -0.1) is 12.4 Å². The molecule has 1 aromatic rings. The highest BCUT2D eigenvalue weighted by Crippen LogP contribution is 2.28. The number of carbonyl (C=O) groups excluding carboxylic acids is 1. The predicted molar refractivity (Wildman–Crippen MR) is 98.5 cm³/mol. The van der Waals surface area contributed by atoms with Gasteiger partial charge in [0, 0.05) is 38.6 Å². The fourth-order valence-electron chi connectivity index (χ4n) is 3.82. The topological polar surface area (TPSA) is 110 Å². The Morgan fingerprint density at radius 3 is 2.38 bits per heavy atom. The normalized spacial score (nSPS) is 24.5.